The van der Waals surface area contributed by atoms with Gasteiger partial charge in [-0.1, -0.05) is 29.5 Å². The average Bonchev–Trinajstić information content (AvgIpc) is 3.03. The molecule has 3 rings (SSSR count). The highest BCUT2D eigenvalue weighted by Crippen LogP contribution is 2.29. The summed E-state index contributed by atoms with van der Waals surface area (Å²) in [7, 11) is 1.61. The van der Waals surface area contributed by atoms with Crippen LogP contribution in [-0.4, -0.2) is 29.9 Å². The number of aromatic nitrogens is 1. The second-order valence-electron chi connectivity index (χ2n) is 5.85. The molecular weight excluding hydrogens is 350 g/mol. The molecule has 6 nitrogen and oxygen atoms in total. The summed E-state index contributed by atoms with van der Waals surface area (Å²) < 4.78 is 6.13. The van der Waals surface area contributed by atoms with Gasteiger partial charge in [0.05, 0.1) is 17.3 Å². The van der Waals surface area contributed by atoms with E-state index in [0.29, 0.717) is 10.7 Å². The molecule has 0 aliphatic rings. The highest BCUT2D eigenvalue weighted by molar-refractivity contribution is 7.22. The number of carbonyl (C=O) groups is 2. The fourth-order valence-corrected chi connectivity index (χ4v) is 3.39. The van der Waals surface area contributed by atoms with Crippen molar-refractivity contribution in [3.63, 3.8) is 0 Å². The maximum Gasteiger partial charge on any atom is 0.251 e. The van der Waals surface area contributed by atoms with E-state index in [-0.39, 0.29) is 24.3 Å². The fourth-order valence-electron chi connectivity index (χ4n) is 2.48. The molecule has 0 bridgehead atoms. The number of hydrogen-bond acceptors (Lipinski definition) is 5. The number of benzene rings is 2. The summed E-state index contributed by atoms with van der Waals surface area (Å²) >= 11 is 1.38. The molecule has 1 atom stereocenters. The van der Waals surface area contributed by atoms with Crippen molar-refractivity contribution in [2.75, 3.05) is 12.4 Å². The van der Waals surface area contributed by atoms with Crippen LogP contribution in [0.3, 0.4) is 0 Å². The molecule has 0 fully saturated rings. The summed E-state index contributed by atoms with van der Waals surface area (Å²) in [6.45, 7) is 1.80. The first-order chi connectivity index (χ1) is 12.5. The summed E-state index contributed by atoms with van der Waals surface area (Å²) in [5.41, 5.74) is 1.37. The number of ether oxygens (including phenoxy) is 1. The standard InChI is InChI=1S/C19H19N3O3S/c1-12(20-18(24)13-6-4-3-5-7-13)10-17(23)22-19-21-15-9-8-14(25-2)11-16(15)26-19/h3-9,11-12H,10H2,1-2H3,(H,20,24)(H,21,22,23)/t12-/m1/s1. The molecule has 3 aromatic rings. The fraction of sp³-hybridized carbons (Fsp3) is 0.211. The zero-order chi connectivity index (χ0) is 18.5. The lowest BCUT2D eigenvalue weighted by Gasteiger charge is -2.13. The van der Waals surface area contributed by atoms with Gasteiger partial charge in [-0.3, -0.25) is 9.59 Å². The van der Waals surface area contributed by atoms with E-state index in [1.807, 2.05) is 24.3 Å². The first kappa shape index (κ1) is 17.9. The van der Waals surface area contributed by atoms with Crippen LogP contribution in [0.5, 0.6) is 5.75 Å². The summed E-state index contributed by atoms with van der Waals surface area (Å²) in [6, 6.07) is 14.2. The van der Waals surface area contributed by atoms with Crippen molar-refractivity contribution in [1.82, 2.24) is 10.3 Å². The lowest BCUT2D eigenvalue weighted by Crippen LogP contribution is -2.35. The number of hydrogen-bond donors (Lipinski definition) is 2. The second kappa shape index (κ2) is 7.97. The van der Waals surface area contributed by atoms with Crippen LogP contribution in [0.4, 0.5) is 5.13 Å². The van der Waals surface area contributed by atoms with E-state index in [2.05, 4.69) is 15.6 Å². The van der Waals surface area contributed by atoms with E-state index in [9.17, 15) is 9.59 Å². The van der Waals surface area contributed by atoms with E-state index < -0.39 is 0 Å². The number of fused-ring (bicyclic) bond motifs is 1. The molecule has 0 saturated carbocycles. The Kier molecular flexibility index (Phi) is 5.48. The van der Waals surface area contributed by atoms with E-state index in [1.54, 1.807) is 38.3 Å². The van der Waals surface area contributed by atoms with Crippen molar-refractivity contribution in [2.45, 2.75) is 19.4 Å². The Bertz CT molecular complexity index is 924. The zero-order valence-electron chi connectivity index (χ0n) is 14.5. The van der Waals surface area contributed by atoms with Crippen molar-refractivity contribution in [3.8, 4) is 5.75 Å². The molecule has 0 aliphatic heterocycles. The van der Waals surface area contributed by atoms with Gasteiger partial charge in [0.25, 0.3) is 5.91 Å². The van der Waals surface area contributed by atoms with Crippen LogP contribution in [0, 0.1) is 0 Å². The maximum atomic E-state index is 12.2. The molecule has 2 aromatic carbocycles. The molecule has 0 aliphatic carbocycles. The highest BCUT2D eigenvalue weighted by Gasteiger charge is 2.15. The molecule has 0 radical (unpaired) electrons. The number of amides is 2. The molecule has 2 N–H and O–H groups in total. The summed E-state index contributed by atoms with van der Waals surface area (Å²) in [5, 5.41) is 6.14. The lowest BCUT2D eigenvalue weighted by molar-refractivity contribution is -0.116. The third kappa shape index (κ3) is 4.37. The number of thiazole rings is 1. The third-order valence-corrected chi connectivity index (χ3v) is 4.68. The molecule has 0 saturated heterocycles. The Morgan fingerprint density at radius 2 is 1.96 bits per heavy atom. The van der Waals surface area contributed by atoms with Crippen molar-refractivity contribution >= 4 is 38.5 Å². The van der Waals surface area contributed by atoms with Gasteiger partial charge < -0.3 is 15.4 Å². The molecule has 2 amide bonds. The minimum atomic E-state index is -0.294. The normalized spacial score (nSPS) is 11.8. The largest absolute Gasteiger partial charge is 0.497 e. The van der Waals surface area contributed by atoms with Gasteiger partial charge in [0.2, 0.25) is 5.91 Å². The number of carbonyl (C=O) groups excluding carboxylic acids is 2. The topological polar surface area (TPSA) is 80.3 Å². The first-order valence-corrected chi connectivity index (χ1v) is 8.97. The second-order valence-corrected chi connectivity index (χ2v) is 6.88. The third-order valence-electron chi connectivity index (χ3n) is 3.75. The summed E-state index contributed by atoms with van der Waals surface area (Å²) in [5.74, 6) is 0.353. The van der Waals surface area contributed by atoms with Crippen LogP contribution in [-0.2, 0) is 4.79 Å². The van der Waals surface area contributed by atoms with Crippen molar-refractivity contribution in [3.05, 3.63) is 54.1 Å². The Morgan fingerprint density at radius 1 is 1.19 bits per heavy atom. The summed E-state index contributed by atoms with van der Waals surface area (Å²) in [4.78, 5) is 28.7. The maximum absolute atomic E-state index is 12.2. The van der Waals surface area contributed by atoms with Gasteiger partial charge >= 0.3 is 0 Å². The predicted molar refractivity (Wildman–Crippen MR) is 103 cm³/mol. The van der Waals surface area contributed by atoms with Gasteiger partial charge in [-0.25, -0.2) is 4.98 Å². The molecule has 134 valence electrons. The van der Waals surface area contributed by atoms with E-state index >= 15 is 0 Å². The molecule has 26 heavy (non-hydrogen) atoms. The first-order valence-electron chi connectivity index (χ1n) is 8.15. The number of methoxy groups -OCH3 is 1. The predicted octanol–water partition coefficient (Wildman–Crippen LogP) is 3.45. The van der Waals surface area contributed by atoms with E-state index in [4.69, 9.17) is 4.74 Å². The molecule has 7 heteroatoms. The van der Waals surface area contributed by atoms with E-state index in [0.717, 1.165) is 16.0 Å². The van der Waals surface area contributed by atoms with Gasteiger partial charge in [-0.15, -0.1) is 0 Å². The van der Waals surface area contributed by atoms with Crippen LogP contribution in [0.1, 0.15) is 23.7 Å². The number of nitrogens with one attached hydrogen (secondary N) is 2. The Labute approximate surface area is 155 Å². The highest BCUT2D eigenvalue weighted by atomic mass is 32.1. The number of rotatable bonds is 6. The molecule has 1 heterocycles. The Balaban J connectivity index is 1.57. The summed E-state index contributed by atoms with van der Waals surface area (Å²) in [6.07, 6.45) is 0.165. The Hall–Kier alpha value is -2.93. The lowest BCUT2D eigenvalue weighted by atomic mass is 10.1. The van der Waals surface area contributed by atoms with Gasteiger partial charge in [0.15, 0.2) is 5.13 Å². The smallest absolute Gasteiger partial charge is 0.251 e. The van der Waals surface area contributed by atoms with Gasteiger partial charge in [0.1, 0.15) is 5.75 Å². The average molecular weight is 369 g/mol. The van der Waals surface area contributed by atoms with Gasteiger partial charge in [-0.2, -0.15) is 0 Å². The van der Waals surface area contributed by atoms with Crippen LogP contribution >= 0.6 is 11.3 Å². The van der Waals surface area contributed by atoms with E-state index in [1.165, 1.54) is 11.3 Å². The van der Waals surface area contributed by atoms with Crippen molar-refractivity contribution in [1.29, 1.82) is 0 Å². The SMILES string of the molecule is COc1ccc2nc(NC(=O)C[C@@H](C)NC(=O)c3ccccc3)sc2c1. The minimum absolute atomic E-state index is 0.165. The molecule has 0 unspecified atom stereocenters. The Morgan fingerprint density at radius 3 is 2.69 bits per heavy atom. The van der Waals surface area contributed by atoms with Crippen LogP contribution in [0.2, 0.25) is 0 Å². The number of nitrogens with zero attached hydrogens (tertiary/aromatic N) is 1. The molecule has 1 aromatic heterocycles. The quantitative estimate of drug-likeness (QED) is 0.697. The van der Waals surface area contributed by atoms with Crippen molar-refractivity contribution < 1.29 is 14.3 Å². The minimum Gasteiger partial charge on any atom is -0.497 e. The van der Waals surface area contributed by atoms with Crippen LogP contribution in [0.15, 0.2) is 48.5 Å². The zero-order valence-corrected chi connectivity index (χ0v) is 15.3. The van der Waals surface area contributed by atoms with Gasteiger partial charge in [0, 0.05) is 18.0 Å². The van der Waals surface area contributed by atoms with Crippen LogP contribution < -0.4 is 15.4 Å². The van der Waals surface area contributed by atoms with Crippen LogP contribution in [0.25, 0.3) is 10.2 Å². The number of anilines is 1. The molecular formula is C19H19N3O3S. The van der Waals surface area contributed by atoms with Crippen molar-refractivity contribution in [2.24, 2.45) is 0 Å². The van der Waals surface area contributed by atoms with Gasteiger partial charge in [-0.05, 0) is 37.3 Å². The molecule has 0 spiro atoms. The monoisotopic (exact) mass is 369 g/mol.